The monoisotopic (exact) mass is 314 g/mol. The van der Waals surface area contributed by atoms with Gasteiger partial charge in [-0.25, -0.2) is 9.37 Å². The summed E-state index contributed by atoms with van der Waals surface area (Å²) in [6, 6.07) is 3.93. The fourth-order valence-electron chi connectivity index (χ4n) is 1.59. The Bertz CT molecular complexity index is 618. The highest BCUT2D eigenvalue weighted by atomic mass is 35.5. The van der Waals surface area contributed by atoms with Gasteiger partial charge in [0, 0.05) is 11.4 Å². The van der Waals surface area contributed by atoms with Crippen molar-refractivity contribution in [3.05, 3.63) is 40.1 Å². The van der Waals surface area contributed by atoms with E-state index < -0.39 is 5.82 Å². The number of methoxy groups -OCH3 is 1. The second kappa shape index (κ2) is 6.67. The van der Waals surface area contributed by atoms with E-state index in [0.29, 0.717) is 16.6 Å². The van der Waals surface area contributed by atoms with Crippen molar-refractivity contribution in [2.75, 3.05) is 12.4 Å². The summed E-state index contributed by atoms with van der Waals surface area (Å²) in [5.74, 6) is -0.0694. The Morgan fingerprint density at radius 1 is 1.55 bits per heavy atom. The maximum atomic E-state index is 13.0. The number of nitrogens with zero attached hydrogens (tertiary/aromatic N) is 1. The molecule has 1 amide bonds. The molecule has 1 aromatic heterocycles. The van der Waals surface area contributed by atoms with Crippen molar-refractivity contribution in [2.45, 2.75) is 12.3 Å². The Balaban J connectivity index is 2.04. The van der Waals surface area contributed by atoms with Crippen molar-refractivity contribution in [1.29, 1.82) is 0 Å². The van der Waals surface area contributed by atoms with Gasteiger partial charge in [-0.05, 0) is 12.1 Å². The molecule has 0 saturated carbocycles. The zero-order valence-corrected chi connectivity index (χ0v) is 12.2. The highest BCUT2D eigenvalue weighted by Gasteiger charge is 2.11. The highest BCUT2D eigenvalue weighted by molar-refractivity contribution is 7.09. The molecule has 1 heterocycles. The summed E-state index contributed by atoms with van der Waals surface area (Å²) in [5, 5.41) is 5.16. The van der Waals surface area contributed by atoms with Gasteiger partial charge in [-0.3, -0.25) is 4.79 Å². The molecule has 0 atom stereocenters. The van der Waals surface area contributed by atoms with E-state index in [4.69, 9.17) is 16.3 Å². The van der Waals surface area contributed by atoms with Gasteiger partial charge in [-0.15, -0.1) is 22.9 Å². The molecule has 0 spiro atoms. The van der Waals surface area contributed by atoms with Gasteiger partial charge in [0.25, 0.3) is 0 Å². The van der Waals surface area contributed by atoms with Crippen molar-refractivity contribution in [1.82, 2.24) is 4.98 Å². The van der Waals surface area contributed by atoms with Crippen LogP contribution in [-0.2, 0) is 17.1 Å². The molecule has 0 radical (unpaired) electrons. The number of amides is 1. The minimum absolute atomic E-state index is 0.141. The number of carbonyl (C=O) groups excluding carboxylic acids is 1. The van der Waals surface area contributed by atoms with Crippen molar-refractivity contribution in [3.8, 4) is 5.75 Å². The SMILES string of the molecule is COc1cc(F)ccc1NC(=O)Cc1nc(CCl)cs1. The third kappa shape index (κ3) is 3.68. The van der Waals surface area contributed by atoms with Crippen molar-refractivity contribution in [3.63, 3.8) is 0 Å². The van der Waals surface area contributed by atoms with Crippen LogP contribution in [0.5, 0.6) is 5.75 Å². The van der Waals surface area contributed by atoms with Gasteiger partial charge in [0.05, 0.1) is 30.8 Å². The van der Waals surface area contributed by atoms with Gasteiger partial charge in [-0.1, -0.05) is 0 Å². The molecule has 0 aliphatic rings. The molecular weight excluding hydrogens is 303 g/mol. The van der Waals surface area contributed by atoms with Crippen LogP contribution in [0.2, 0.25) is 0 Å². The number of thiazole rings is 1. The molecule has 2 aromatic rings. The molecule has 20 heavy (non-hydrogen) atoms. The molecule has 0 bridgehead atoms. The third-order valence-corrected chi connectivity index (χ3v) is 3.66. The minimum atomic E-state index is -0.425. The van der Waals surface area contributed by atoms with E-state index in [-0.39, 0.29) is 18.1 Å². The lowest BCUT2D eigenvalue weighted by molar-refractivity contribution is -0.115. The maximum Gasteiger partial charge on any atom is 0.231 e. The van der Waals surface area contributed by atoms with Crippen LogP contribution in [0.1, 0.15) is 10.7 Å². The van der Waals surface area contributed by atoms with Gasteiger partial charge in [0.15, 0.2) is 0 Å². The lowest BCUT2D eigenvalue weighted by atomic mass is 10.2. The molecule has 0 fully saturated rings. The van der Waals surface area contributed by atoms with Gasteiger partial charge < -0.3 is 10.1 Å². The van der Waals surface area contributed by atoms with E-state index in [9.17, 15) is 9.18 Å². The normalized spacial score (nSPS) is 10.3. The van der Waals surface area contributed by atoms with Crippen molar-refractivity contribution >= 4 is 34.5 Å². The number of halogens is 2. The number of hydrogen-bond acceptors (Lipinski definition) is 4. The van der Waals surface area contributed by atoms with Crippen LogP contribution >= 0.6 is 22.9 Å². The minimum Gasteiger partial charge on any atom is -0.494 e. The van der Waals surface area contributed by atoms with Crippen LogP contribution in [0, 0.1) is 5.82 Å². The average molecular weight is 315 g/mol. The molecule has 0 unspecified atom stereocenters. The molecule has 1 N–H and O–H groups in total. The second-order valence-electron chi connectivity index (χ2n) is 3.94. The van der Waals surface area contributed by atoms with Crippen LogP contribution < -0.4 is 10.1 Å². The molecule has 1 aromatic carbocycles. The molecule has 106 valence electrons. The average Bonchev–Trinajstić information content (AvgIpc) is 2.88. The Kier molecular flexibility index (Phi) is 4.92. The second-order valence-corrected chi connectivity index (χ2v) is 5.15. The number of rotatable bonds is 5. The summed E-state index contributed by atoms with van der Waals surface area (Å²) in [5.41, 5.74) is 1.17. The lowest BCUT2D eigenvalue weighted by Crippen LogP contribution is -2.15. The van der Waals surface area contributed by atoms with E-state index in [1.54, 1.807) is 0 Å². The Labute approximate surface area is 124 Å². The summed E-state index contributed by atoms with van der Waals surface area (Å²) in [6.45, 7) is 0. The quantitative estimate of drug-likeness (QED) is 0.862. The number of anilines is 1. The fourth-order valence-corrected chi connectivity index (χ4v) is 2.61. The first-order chi connectivity index (χ1) is 9.62. The largest absolute Gasteiger partial charge is 0.494 e. The van der Waals surface area contributed by atoms with Crippen LogP contribution in [0.25, 0.3) is 0 Å². The van der Waals surface area contributed by atoms with Crippen LogP contribution in [0.4, 0.5) is 10.1 Å². The number of hydrogen-bond donors (Lipinski definition) is 1. The van der Waals surface area contributed by atoms with Gasteiger partial charge in [0.1, 0.15) is 16.6 Å². The molecule has 0 saturated heterocycles. The number of benzene rings is 1. The summed E-state index contributed by atoms with van der Waals surface area (Å²) >= 11 is 7.03. The summed E-state index contributed by atoms with van der Waals surface area (Å²) in [7, 11) is 1.41. The first-order valence-electron chi connectivity index (χ1n) is 5.75. The number of aromatic nitrogens is 1. The molecule has 2 rings (SSSR count). The Morgan fingerprint density at radius 2 is 2.35 bits per heavy atom. The van der Waals surface area contributed by atoms with E-state index in [0.717, 1.165) is 5.69 Å². The third-order valence-electron chi connectivity index (χ3n) is 2.49. The van der Waals surface area contributed by atoms with Gasteiger partial charge >= 0.3 is 0 Å². The van der Waals surface area contributed by atoms with E-state index >= 15 is 0 Å². The molecule has 4 nitrogen and oxygen atoms in total. The summed E-state index contributed by atoms with van der Waals surface area (Å²) < 4.78 is 18.1. The standard InChI is InChI=1S/C13H12ClFN2O2S/c1-19-11-4-8(15)2-3-10(11)17-12(18)5-13-16-9(6-14)7-20-13/h2-4,7H,5-6H2,1H3,(H,17,18). The number of ether oxygens (including phenoxy) is 1. The van der Waals surface area contributed by atoms with E-state index in [1.807, 2.05) is 5.38 Å². The van der Waals surface area contributed by atoms with Crippen molar-refractivity contribution in [2.24, 2.45) is 0 Å². The first-order valence-corrected chi connectivity index (χ1v) is 7.16. The van der Waals surface area contributed by atoms with Gasteiger partial charge in [-0.2, -0.15) is 0 Å². The first kappa shape index (κ1) is 14.7. The predicted molar refractivity (Wildman–Crippen MR) is 77.0 cm³/mol. The van der Waals surface area contributed by atoms with E-state index in [1.165, 1.54) is 36.6 Å². The van der Waals surface area contributed by atoms with Gasteiger partial charge in [0.2, 0.25) is 5.91 Å². The van der Waals surface area contributed by atoms with E-state index in [2.05, 4.69) is 10.3 Å². The maximum absolute atomic E-state index is 13.0. The highest BCUT2D eigenvalue weighted by Crippen LogP contribution is 2.25. The Morgan fingerprint density at radius 3 is 3.00 bits per heavy atom. The zero-order valence-electron chi connectivity index (χ0n) is 10.7. The summed E-state index contributed by atoms with van der Waals surface area (Å²) in [6.07, 6.45) is 0.141. The molecule has 0 aliphatic heterocycles. The predicted octanol–water partition coefficient (Wildman–Crippen LogP) is 3.21. The smallest absolute Gasteiger partial charge is 0.231 e. The van der Waals surface area contributed by atoms with Crippen LogP contribution in [0.3, 0.4) is 0 Å². The zero-order chi connectivity index (χ0) is 14.5. The topological polar surface area (TPSA) is 51.2 Å². The fraction of sp³-hybridized carbons (Fsp3) is 0.231. The Hall–Kier alpha value is -1.66. The molecule has 0 aliphatic carbocycles. The number of alkyl halides is 1. The summed E-state index contributed by atoms with van der Waals surface area (Å²) in [4.78, 5) is 16.1. The number of nitrogens with one attached hydrogen (secondary N) is 1. The van der Waals surface area contributed by atoms with Crippen LogP contribution in [-0.4, -0.2) is 18.0 Å². The van der Waals surface area contributed by atoms with Crippen molar-refractivity contribution < 1.29 is 13.9 Å². The molecule has 7 heteroatoms. The number of carbonyl (C=O) groups is 1. The molecular formula is C13H12ClFN2O2S. The lowest BCUT2D eigenvalue weighted by Gasteiger charge is -2.09. The van der Waals surface area contributed by atoms with Crippen LogP contribution in [0.15, 0.2) is 23.6 Å².